The highest BCUT2D eigenvalue weighted by atomic mass is 32.1. The van der Waals surface area contributed by atoms with Crippen molar-refractivity contribution < 1.29 is 9.90 Å². The van der Waals surface area contributed by atoms with Crippen molar-refractivity contribution in [2.75, 3.05) is 18.5 Å². The molecule has 0 radical (unpaired) electrons. The number of carboxylic acids is 1. The Morgan fingerprint density at radius 3 is 2.80 bits per heavy atom. The fourth-order valence-corrected chi connectivity index (χ4v) is 2.29. The van der Waals surface area contributed by atoms with E-state index in [4.69, 9.17) is 5.11 Å². The van der Waals surface area contributed by atoms with Crippen LogP contribution in [0.5, 0.6) is 0 Å². The van der Waals surface area contributed by atoms with Gasteiger partial charge in [-0.15, -0.1) is 11.3 Å². The number of carboxylic acid groups (broad SMARTS) is 1. The zero-order valence-electron chi connectivity index (χ0n) is 9.36. The SMILES string of the molecule is Cc1ccsc1N(C)CCC(C)C(=O)O. The molecule has 1 heterocycles. The van der Waals surface area contributed by atoms with E-state index in [1.165, 1.54) is 10.6 Å². The molecule has 0 saturated carbocycles. The lowest BCUT2D eigenvalue weighted by Crippen LogP contribution is -2.22. The minimum absolute atomic E-state index is 0.271. The maximum Gasteiger partial charge on any atom is 0.306 e. The Morgan fingerprint density at radius 2 is 2.33 bits per heavy atom. The summed E-state index contributed by atoms with van der Waals surface area (Å²) >= 11 is 1.70. The van der Waals surface area contributed by atoms with E-state index in [1.54, 1.807) is 18.3 Å². The van der Waals surface area contributed by atoms with Gasteiger partial charge in [-0.1, -0.05) is 6.92 Å². The summed E-state index contributed by atoms with van der Waals surface area (Å²) in [5.41, 5.74) is 1.26. The van der Waals surface area contributed by atoms with Gasteiger partial charge in [-0.25, -0.2) is 0 Å². The topological polar surface area (TPSA) is 40.5 Å². The fourth-order valence-electron chi connectivity index (χ4n) is 1.37. The Labute approximate surface area is 94.3 Å². The molecular formula is C11H17NO2S. The highest BCUT2D eigenvalue weighted by Crippen LogP contribution is 2.26. The number of anilines is 1. The van der Waals surface area contributed by atoms with Crippen LogP contribution in [0.4, 0.5) is 5.00 Å². The third-order valence-corrected chi connectivity index (χ3v) is 3.63. The highest BCUT2D eigenvalue weighted by molar-refractivity contribution is 7.14. The number of carbonyl (C=O) groups is 1. The summed E-state index contributed by atoms with van der Waals surface area (Å²) < 4.78 is 0. The number of hydrogen-bond acceptors (Lipinski definition) is 3. The van der Waals surface area contributed by atoms with Crippen LogP contribution in [0.2, 0.25) is 0 Å². The van der Waals surface area contributed by atoms with Gasteiger partial charge in [0.15, 0.2) is 0 Å². The number of aliphatic carboxylic acids is 1. The number of aryl methyl sites for hydroxylation is 1. The molecule has 0 aliphatic rings. The van der Waals surface area contributed by atoms with Crippen LogP contribution < -0.4 is 4.90 Å². The van der Waals surface area contributed by atoms with E-state index in [2.05, 4.69) is 23.3 Å². The van der Waals surface area contributed by atoms with E-state index >= 15 is 0 Å². The van der Waals surface area contributed by atoms with Crippen LogP contribution in [0, 0.1) is 12.8 Å². The number of hydrogen-bond donors (Lipinski definition) is 1. The standard InChI is InChI=1S/C11H17NO2S/c1-8-5-7-15-10(8)12(3)6-4-9(2)11(13)14/h5,7,9H,4,6H2,1-3H3,(H,13,14). The molecular weight excluding hydrogens is 210 g/mol. The van der Waals surface area contributed by atoms with Crippen molar-refractivity contribution in [3.63, 3.8) is 0 Å². The molecule has 3 nitrogen and oxygen atoms in total. The molecule has 0 saturated heterocycles. The molecule has 15 heavy (non-hydrogen) atoms. The Bertz CT molecular complexity index is 335. The van der Waals surface area contributed by atoms with E-state index in [0.717, 1.165) is 6.54 Å². The Kier molecular flexibility index (Phi) is 4.15. The average molecular weight is 227 g/mol. The van der Waals surface area contributed by atoms with E-state index in [-0.39, 0.29) is 5.92 Å². The van der Waals surface area contributed by atoms with Crippen LogP contribution >= 0.6 is 11.3 Å². The first-order valence-corrected chi connectivity index (χ1v) is 5.88. The molecule has 0 aliphatic heterocycles. The van der Waals surface area contributed by atoms with Gasteiger partial charge in [0, 0.05) is 13.6 Å². The summed E-state index contributed by atoms with van der Waals surface area (Å²) in [6.45, 7) is 4.61. The van der Waals surface area contributed by atoms with Crippen LogP contribution in [0.15, 0.2) is 11.4 Å². The first-order chi connectivity index (χ1) is 7.02. The van der Waals surface area contributed by atoms with Gasteiger partial charge >= 0.3 is 5.97 Å². The van der Waals surface area contributed by atoms with Crippen molar-refractivity contribution in [1.29, 1.82) is 0 Å². The second-order valence-electron chi connectivity index (χ2n) is 3.86. The number of nitrogens with zero attached hydrogens (tertiary/aromatic N) is 1. The summed E-state index contributed by atoms with van der Waals surface area (Å²) in [7, 11) is 2.01. The second-order valence-corrected chi connectivity index (χ2v) is 4.75. The van der Waals surface area contributed by atoms with Crippen molar-refractivity contribution in [3.8, 4) is 0 Å². The molecule has 0 spiro atoms. The van der Waals surface area contributed by atoms with Gasteiger partial charge in [0.2, 0.25) is 0 Å². The molecule has 0 amide bonds. The van der Waals surface area contributed by atoms with Crippen molar-refractivity contribution in [2.24, 2.45) is 5.92 Å². The van der Waals surface area contributed by atoms with Gasteiger partial charge in [0.05, 0.1) is 10.9 Å². The van der Waals surface area contributed by atoms with E-state index in [1.807, 2.05) is 7.05 Å². The molecule has 1 aromatic heterocycles. The molecule has 0 aliphatic carbocycles. The number of thiophene rings is 1. The summed E-state index contributed by atoms with van der Waals surface area (Å²) in [6, 6.07) is 2.08. The Balaban J connectivity index is 2.47. The van der Waals surface area contributed by atoms with E-state index in [0.29, 0.717) is 6.42 Å². The zero-order valence-corrected chi connectivity index (χ0v) is 10.2. The molecule has 4 heteroatoms. The molecule has 1 N–H and O–H groups in total. The van der Waals surface area contributed by atoms with Gasteiger partial charge < -0.3 is 10.0 Å². The third kappa shape index (κ3) is 3.23. The van der Waals surface area contributed by atoms with Crippen LogP contribution in [-0.2, 0) is 4.79 Å². The summed E-state index contributed by atoms with van der Waals surface area (Å²) in [5, 5.41) is 12.1. The van der Waals surface area contributed by atoms with Gasteiger partial charge in [-0.05, 0) is 30.4 Å². The molecule has 1 atom stereocenters. The van der Waals surface area contributed by atoms with Gasteiger partial charge in [-0.2, -0.15) is 0 Å². The predicted molar refractivity (Wildman–Crippen MR) is 63.7 cm³/mol. The molecule has 1 rings (SSSR count). The lowest BCUT2D eigenvalue weighted by molar-refractivity contribution is -0.141. The van der Waals surface area contributed by atoms with Crippen LogP contribution in [0.1, 0.15) is 18.9 Å². The zero-order chi connectivity index (χ0) is 11.4. The van der Waals surface area contributed by atoms with E-state index < -0.39 is 5.97 Å². The van der Waals surface area contributed by atoms with Crippen LogP contribution in [0.3, 0.4) is 0 Å². The first-order valence-electron chi connectivity index (χ1n) is 5.00. The smallest absolute Gasteiger partial charge is 0.306 e. The normalized spacial score (nSPS) is 12.5. The highest BCUT2D eigenvalue weighted by Gasteiger charge is 2.13. The van der Waals surface area contributed by atoms with E-state index in [9.17, 15) is 4.79 Å². The maximum atomic E-state index is 10.6. The van der Waals surface area contributed by atoms with Crippen LogP contribution in [0.25, 0.3) is 0 Å². The molecule has 1 unspecified atom stereocenters. The van der Waals surface area contributed by atoms with Crippen molar-refractivity contribution in [3.05, 3.63) is 17.0 Å². The molecule has 0 bridgehead atoms. The monoisotopic (exact) mass is 227 g/mol. The van der Waals surface area contributed by atoms with Crippen molar-refractivity contribution in [2.45, 2.75) is 20.3 Å². The lowest BCUT2D eigenvalue weighted by atomic mass is 10.1. The first kappa shape index (κ1) is 12.0. The Hall–Kier alpha value is -1.03. The van der Waals surface area contributed by atoms with Gasteiger partial charge in [-0.3, -0.25) is 4.79 Å². The molecule has 0 aromatic carbocycles. The molecule has 84 valence electrons. The van der Waals surface area contributed by atoms with Gasteiger partial charge in [0.1, 0.15) is 0 Å². The predicted octanol–water partition coefficient (Wildman–Crippen LogP) is 2.60. The van der Waals surface area contributed by atoms with Crippen LogP contribution in [-0.4, -0.2) is 24.7 Å². The maximum absolute atomic E-state index is 10.6. The summed E-state index contributed by atoms with van der Waals surface area (Å²) in [4.78, 5) is 12.8. The van der Waals surface area contributed by atoms with Crippen molar-refractivity contribution >= 4 is 22.3 Å². The minimum Gasteiger partial charge on any atom is -0.481 e. The molecule has 0 fully saturated rings. The average Bonchev–Trinajstić information content (AvgIpc) is 2.60. The third-order valence-electron chi connectivity index (χ3n) is 2.50. The van der Waals surface area contributed by atoms with Gasteiger partial charge in [0.25, 0.3) is 0 Å². The fraction of sp³-hybridized carbons (Fsp3) is 0.545. The minimum atomic E-state index is -0.716. The van der Waals surface area contributed by atoms with Crippen molar-refractivity contribution in [1.82, 2.24) is 0 Å². The molecule has 1 aromatic rings. The number of rotatable bonds is 5. The quantitative estimate of drug-likeness (QED) is 0.840. The second kappa shape index (κ2) is 5.16. The lowest BCUT2D eigenvalue weighted by Gasteiger charge is -2.19. The Morgan fingerprint density at radius 1 is 1.67 bits per heavy atom. The summed E-state index contributed by atoms with van der Waals surface area (Å²) in [6.07, 6.45) is 0.684. The largest absolute Gasteiger partial charge is 0.481 e. The summed E-state index contributed by atoms with van der Waals surface area (Å²) in [5.74, 6) is -0.987.